The van der Waals surface area contributed by atoms with Gasteiger partial charge < -0.3 is 9.64 Å². The van der Waals surface area contributed by atoms with Crippen LogP contribution in [0.2, 0.25) is 0 Å². The number of carbonyl (C=O) groups excluding carboxylic acids is 2. The largest absolute Gasteiger partial charge is 0.469 e. The summed E-state index contributed by atoms with van der Waals surface area (Å²) in [6.45, 7) is 5.15. The van der Waals surface area contributed by atoms with Gasteiger partial charge in [-0.3, -0.25) is 14.5 Å². The lowest BCUT2D eigenvalue weighted by molar-refractivity contribution is -0.147. The number of amides is 1. The summed E-state index contributed by atoms with van der Waals surface area (Å²) < 4.78 is 4.53. The van der Waals surface area contributed by atoms with Gasteiger partial charge in [0, 0.05) is 32.2 Å². The zero-order valence-electron chi connectivity index (χ0n) is 12.6. The van der Waals surface area contributed by atoms with Crippen molar-refractivity contribution < 1.29 is 14.3 Å². The van der Waals surface area contributed by atoms with Gasteiger partial charge in [-0.2, -0.15) is 0 Å². The SMILES string of the molecule is COC(=O)CC(=O)N1CCN(C(C)c2ccccc2)CC1. The Kier molecular flexibility index (Phi) is 5.33. The summed E-state index contributed by atoms with van der Waals surface area (Å²) in [5.41, 5.74) is 1.28. The molecule has 21 heavy (non-hydrogen) atoms. The van der Waals surface area contributed by atoms with E-state index in [0.717, 1.165) is 13.1 Å². The van der Waals surface area contributed by atoms with E-state index in [1.54, 1.807) is 4.90 Å². The molecule has 0 spiro atoms. The van der Waals surface area contributed by atoms with E-state index in [1.807, 2.05) is 18.2 Å². The van der Waals surface area contributed by atoms with Gasteiger partial charge in [0.2, 0.25) is 5.91 Å². The van der Waals surface area contributed by atoms with Gasteiger partial charge >= 0.3 is 5.97 Å². The second-order valence-corrected chi connectivity index (χ2v) is 5.26. The minimum atomic E-state index is -0.472. The first-order chi connectivity index (χ1) is 10.1. The summed E-state index contributed by atoms with van der Waals surface area (Å²) in [5, 5.41) is 0. The van der Waals surface area contributed by atoms with Crippen LogP contribution in [0.15, 0.2) is 30.3 Å². The Hall–Kier alpha value is -1.88. The standard InChI is InChI=1S/C16H22N2O3/c1-13(14-6-4-3-5-7-14)17-8-10-18(11-9-17)15(19)12-16(20)21-2/h3-7,13H,8-12H2,1-2H3. The molecule has 0 saturated carbocycles. The lowest BCUT2D eigenvalue weighted by Crippen LogP contribution is -2.49. The van der Waals surface area contributed by atoms with Crippen LogP contribution in [0.1, 0.15) is 24.9 Å². The fraction of sp³-hybridized carbons (Fsp3) is 0.500. The van der Waals surface area contributed by atoms with Gasteiger partial charge in [-0.15, -0.1) is 0 Å². The molecule has 0 bridgehead atoms. The van der Waals surface area contributed by atoms with Crippen molar-refractivity contribution in [3.8, 4) is 0 Å². The molecule has 5 heteroatoms. The Bertz CT molecular complexity index is 482. The highest BCUT2D eigenvalue weighted by Crippen LogP contribution is 2.21. The third-order valence-corrected chi connectivity index (χ3v) is 4.02. The molecule has 1 aliphatic heterocycles. The van der Waals surface area contributed by atoms with Crippen LogP contribution in [0, 0.1) is 0 Å². The van der Waals surface area contributed by atoms with E-state index >= 15 is 0 Å². The Morgan fingerprint density at radius 3 is 2.33 bits per heavy atom. The van der Waals surface area contributed by atoms with E-state index in [0.29, 0.717) is 19.1 Å². The lowest BCUT2D eigenvalue weighted by Gasteiger charge is -2.38. The molecule has 0 N–H and O–H groups in total. The third-order valence-electron chi connectivity index (χ3n) is 4.02. The van der Waals surface area contributed by atoms with E-state index in [4.69, 9.17) is 0 Å². The number of hydrogen-bond acceptors (Lipinski definition) is 4. The molecule has 0 radical (unpaired) electrons. The molecule has 0 aliphatic carbocycles. The molecule has 1 unspecified atom stereocenters. The number of rotatable bonds is 4. The molecule has 1 aliphatic rings. The third kappa shape index (κ3) is 4.04. The van der Waals surface area contributed by atoms with E-state index in [2.05, 4.69) is 28.7 Å². The molecule has 114 valence electrons. The van der Waals surface area contributed by atoms with Gasteiger partial charge in [-0.05, 0) is 12.5 Å². The maximum absolute atomic E-state index is 11.9. The molecule has 1 amide bonds. The predicted octanol–water partition coefficient (Wildman–Crippen LogP) is 1.45. The average molecular weight is 290 g/mol. The van der Waals surface area contributed by atoms with E-state index < -0.39 is 5.97 Å². The van der Waals surface area contributed by atoms with Crippen molar-refractivity contribution in [3.05, 3.63) is 35.9 Å². The summed E-state index contributed by atoms with van der Waals surface area (Å²) in [4.78, 5) is 27.2. The van der Waals surface area contributed by atoms with Crippen molar-refractivity contribution in [1.82, 2.24) is 9.80 Å². The molecule has 1 aromatic rings. The van der Waals surface area contributed by atoms with Crippen LogP contribution in [0.3, 0.4) is 0 Å². The maximum atomic E-state index is 11.9. The van der Waals surface area contributed by atoms with Crippen molar-refractivity contribution in [3.63, 3.8) is 0 Å². The van der Waals surface area contributed by atoms with E-state index in [-0.39, 0.29) is 12.3 Å². The average Bonchev–Trinajstić information content (AvgIpc) is 2.55. The number of methoxy groups -OCH3 is 1. The molecule has 1 heterocycles. The number of carbonyl (C=O) groups is 2. The second-order valence-electron chi connectivity index (χ2n) is 5.26. The van der Waals surface area contributed by atoms with Crippen LogP contribution in [-0.2, 0) is 14.3 Å². The number of nitrogens with zero attached hydrogens (tertiary/aromatic N) is 2. The quantitative estimate of drug-likeness (QED) is 0.622. The first-order valence-electron chi connectivity index (χ1n) is 7.25. The summed E-state index contributed by atoms with van der Waals surface area (Å²) >= 11 is 0. The zero-order valence-corrected chi connectivity index (χ0v) is 12.6. The van der Waals surface area contributed by atoms with Crippen LogP contribution < -0.4 is 0 Å². The molecule has 1 atom stereocenters. The van der Waals surface area contributed by atoms with Gasteiger partial charge in [0.25, 0.3) is 0 Å². The fourth-order valence-corrected chi connectivity index (χ4v) is 2.61. The number of hydrogen-bond donors (Lipinski definition) is 0. The van der Waals surface area contributed by atoms with Crippen molar-refractivity contribution >= 4 is 11.9 Å². The van der Waals surface area contributed by atoms with Crippen LogP contribution in [0.5, 0.6) is 0 Å². The highest BCUT2D eigenvalue weighted by atomic mass is 16.5. The second kappa shape index (κ2) is 7.22. The number of piperazine rings is 1. The summed E-state index contributed by atoms with van der Waals surface area (Å²) in [7, 11) is 1.30. The number of ether oxygens (including phenoxy) is 1. The van der Waals surface area contributed by atoms with Crippen LogP contribution in [0.4, 0.5) is 0 Å². The van der Waals surface area contributed by atoms with Crippen LogP contribution >= 0.6 is 0 Å². The Balaban J connectivity index is 1.86. The minimum absolute atomic E-state index is 0.145. The molecular formula is C16H22N2O3. The first-order valence-corrected chi connectivity index (χ1v) is 7.25. The number of esters is 1. The fourth-order valence-electron chi connectivity index (χ4n) is 2.61. The maximum Gasteiger partial charge on any atom is 0.315 e. The Morgan fingerprint density at radius 1 is 1.14 bits per heavy atom. The monoisotopic (exact) mass is 290 g/mol. The van der Waals surface area contributed by atoms with Crippen molar-refractivity contribution in [2.24, 2.45) is 0 Å². The molecule has 0 aromatic heterocycles. The summed E-state index contributed by atoms with van der Waals surface area (Å²) in [5.74, 6) is -0.617. The van der Waals surface area contributed by atoms with Gasteiger partial charge in [0.15, 0.2) is 0 Å². The smallest absolute Gasteiger partial charge is 0.315 e. The minimum Gasteiger partial charge on any atom is -0.469 e. The van der Waals surface area contributed by atoms with Crippen molar-refractivity contribution in [2.75, 3.05) is 33.3 Å². The van der Waals surface area contributed by atoms with Crippen molar-refractivity contribution in [1.29, 1.82) is 0 Å². The predicted molar refractivity (Wildman–Crippen MR) is 79.6 cm³/mol. The molecule has 5 nitrogen and oxygen atoms in total. The zero-order chi connectivity index (χ0) is 15.2. The van der Waals surface area contributed by atoms with Gasteiger partial charge in [0.05, 0.1) is 7.11 Å². The van der Waals surface area contributed by atoms with Crippen LogP contribution in [0.25, 0.3) is 0 Å². The lowest BCUT2D eigenvalue weighted by atomic mass is 10.1. The molecular weight excluding hydrogens is 268 g/mol. The summed E-state index contributed by atoms with van der Waals surface area (Å²) in [6.07, 6.45) is -0.162. The number of benzene rings is 1. The van der Waals surface area contributed by atoms with E-state index in [1.165, 1.54) is 12.7 Å². The van der Waals surface area contributed by atoms with E-state index in [9.17, 15) is 9.59 Å². The molecule has 2 rings (SSSR count). The molecule has 1 fully saturated rings. The van der Waals surface area contributed by atoms with Gasteiger partial charge in [0.1, 0.15) is 6.42 Å². The van der Waals surface area contributed by atoms with Crippen molar-refractivity contribution in [2.45, 2.75) is 19.4 Å². The highest BCUT2D eigenvalue weighted by Gasteiger charge is 2.25. The summed E-state index contributed by atoms with van der Waals surface area (Å²) in [6, 6.07) is 10.7. The topological polar surface area (TPSA) is 49.9 Å². The van der Waals surface area contributed by atoms with Gasteiger partial charge in [-0.1, -0.05) is 30.3 Å². The van der Waals surface area contributed by atoms with Gasteiger partial charge in [-0.25, -0.2) is 0 Å². The molecule has 1 aromatic carbocycles. The molecule has 1 saturated heterocycles. The Labute approximate surface area is 125 Å². The highest BCUT2D eigenvalue weighted by molar-refractivity contribution is 5.94. The first kappa shape index (κ1) is 15.5. The normalized spacial score (nSPS) is 17.3. The Morgan fingerprint density at radius 2 is 1.76 bits per heavy atom. The van der Waals surface area contributed by atoms with Crippen LogP contribution in [-0.4, -0.2) is 55.0 Å².